The number of nitrogens with zero attached hydrogens (tertiary/aromatic N) is 2. The average molecular weight is 347 g/mol. The fraction of sp³-hybridized carbons (Fsp3) is 0.190. The number of aryl methyl sites for hydroxylation is 2. The number of amides is 1. The first-order chi connectivity index (χ1) is 12.5. The van der Waals surface area contributed by atoms with Crippen LogP contribution in [0, 0.1) is 13.8 Å². The van der Waals surface area contributed by atoms with E-state index in [4.69, 9.17) is 0 Å². The zero-order chi connectivity index (χ0) is 18.7. The number of rotatable bonds is 4. The number of benzene rings is 1. The molecule has 0 aliphatic rings. The summed E-state index contributed by atoms with van der Waals surface area (Å²) < 4.78 is 1.57. The molecule has 0 fully saturated rings. The Morgan fingerprint density at radius 2 is 1.88 bits per heavy atom. The van der Waals surface area contributed by atoms with Crippen LogP contribution in [0.1, 0.15) is 27.2 Å². The van der Waals surface area contributed by atoms with Gasteiger partial charge < -0.3 is 9.88 Å². The van der Waals surface area contributed by atoms with Gasteiger partial charge in [0.05, 0.1) is 5.56 Å². The minimum Gasteiger partial charge on any atom is -0.348 e. The molecule has 0 spiro atoms. The number of carbonyl (C=O) groups is 1. The molecule has 0 aliphatic carbocycles. The Balaban J connectivity index is 1.78. The monoisotopic (exact) mass is 347 g/mol. The lowest BCUT2D eigenvalue weighted by Gasteiger charge is -2.09. The molecule has 2 aromatic heterocycles. The van der Waals surface area contributed by atoms with E-state index < -0.39 is 0 Å². The van der Waals surface area contributed by atoms with Crippen molar-refractivity contribution in [2.75, 3.05) is 0 Å². The summed E-state index contributed by atoms with van der Waals surface area (Å²) in [5.41, 5.74) is 4.83. The van der Waals surface area contributed by atoms with Crippen molar-refractivity contribution in [1.29, 1.82) is 0 Å². The summed E-state index contributed by atoms with van der Waals surface area (Å²) in [5, 5.41) is 2.80. The predicted molar refractivity (Wildman–Crippen MR) is 102 cm³/mol. The summed E-state index contributed by atoms with van der Waals surface area (Å²) >= 11 is 0. The molecule has 26 heavy (non-hydrogen) atoms. The third kappa shape index (κ3) is 3.72. The van der Waals surface area contributed by atoms with Crippen LogP contribution in [-0.2, 0) is 13.6 Å². The van der Waals surface area contributed by atoms with Crippen LogP contribution in [0.15, 0.2) is 59.7 Å². The van der Waals surface area contributed by atoms with Gasteiger partial charge in [-0.05, 0) is 31.5 Å². The van der Waals surface area contributed by atoms with Crippen molar-refractivity contribution in [3.8, 4) is 11.1 Å². The van der Waals surface area contributed by atoms with Crippen molar-refractivity contribution in [2.45, 2.75) is 20.4 Å². The molecule has 5 heteroatoms. The van der Waals surface area contributed by atoms with Gasteiger partial charge in [0, 0.05) is 42.8 Å². The van der Waals surface area contributed by atoms with Crippen molar-refractivity contribution in [3.05, 3.63) is 87.6 Å². The van der Waals surface area contributed by atoms with Crippen LogP contribution in [0.3, 0.4) is 0 Å². The highest BCUT2D eigenvalue weighted by molar-refractivity contribution is 5.95. The van der Waals surface area contributed by atoms with E-state index in [1.807, 2.05) is 44.2 Å². The van der Waals surface area contributed by atoms with Gasteiger partial charge in [0.1, 0.15) is 0 Å². The van der Waals surface area contributed by atoms with Crippen molar-refractivity contribution < 1.29 is 4.79 Å². The molecule has 0 radical (unpaired) electrons. The van der Waals surface area contributed by atoms with Gasteiger partial charge in [-0.25, -0.2) is 0 Å². The third-order valence-corrected chi connectivity index (χ3v) is 4.43. The molecule has 5 nitrogen and oxygen atoms in total. The summed E-state index contributed by atoms with van der Waals surface area (Å²) in [5.74, 6) is -0.255. The second kappa shape index (κ2) is 7.35. The lowest BCUT2D eigenvalue weighted by atomic mass is 10.0. The molecule has 3 aromatic rings. The van der Waals surface area contributed by atoms with E-state index in [0.717, 1.165) is 22.4 Å². The van der Waals surface area contributed by atoms with E-state index in [1.165, 1.54) is 6.20 Å². The number of hydrogen-bond donors (Lipinski definition) is 1. The molecule has 0 saturated heterocycles. The van der Waals surface area contributed by atoms with Crippen LogP contribution in [0.25, 0.3) is 11.1 Å². The highest BCUT2D eigenvalue weighted by Crippen LogP contribution is 2.20. The Morgan fingerprint density at radius 1 is 1.08 bits per heavy atom. The van der Waals surface area contributed by atoms with Crippen molar-refractivity contribution in [1.82, 2.24) is 14.9 Å². The Bertz CT molecular complexity index is 1020. The maximum absolute atomic E-state index is 12.5. The second-order valence-corrected chi connectivity index (χ2v) is 6.38. The molecule has 0 unspecified atom stereocenters. The molecule has 0 bridgehead atoms. The van der Waals surface area contributed by atoms with E-state index in [9.17, 15) is 9.59 Å². The van der Waals surface area contributed by atoms with Crippen molar-refractivity contribution in [3.63, 3.8) is 0 Å². The van der Waals surface area contributed by atoms with Crippen LogP contribution >= 0.6 is 0 Å². The standard InChI is InChI=1S/C21H21N3O2/c1-14-5-4-6-16(9-14)18-10-19(12-22-11-18)20(25)23-13-17-8-7-15(2)24(3)21(17)26/h4-12H,13H2,1-3H3,(H,23,25). The lowest BCUT2D eigenvalue weighted by molar-refractivity contribution is 0.0950. The zero-order valence-electron chi connectivity index (χ0n) is 15.1. The first-order valence-electron chi connectivity index (χ1n) is 8.41. The highest BCUT2D eigenvalue weighted by atomic mass is 16.2. The molecule has 0 aliphatic heterocycles. The maximum Gasteiger partial charge on any atom is 0.255 e. The summed E-state index contributed by atoms with van der Waals surface area (Å²) in [6.07, 6.45) is 3.27. The molecule has 0 atom stereocenters. The van der Waals surface area contributed by atoms with Crippen molar-refractivity contribution >= 4 is 5.91 Å². The average Bonchev–Trinajstić information content (AvgIpc) is 2.65. The third-order valence-electron chi connectivity index (χ3n) is 4.43. The first-order valence-corrected chi connectivity index (χ1v) is 8.41. The molecular formula is C21H21N3O2. The number of pyridine rings is 2. The van der Waals surface area contributed by atoms with E-state index >= 15 is 0 Å². The topological polar surface area (TPSA) is 64.0 Å². The smallest absolute Gasteiger partial charge is 0.255 e. The summed E-state index contributed by atoms with van der Waals surface area (Å²) in [6, 6.07) is 13.5. The van der Waals surface area contributed by atoms with Crippen LogP contribution in [0.5, 0.6) is 0 Å². The maximum atomic E-state index is 12.5. The van der Waals surface area contributed by atoms with Gasteiger partial charge in [-0.15, -0.1) is 0 Å². The fourth-order valence-electron chi connectivity index (χ4n) is 2.74. The second-order valence-electron chi connectivity index (χ2n) is 6.38. The Labute approximate surface area is 152 Å². The summed E-state index contributed by atoms with van der Waals surface area (Å²) in [7, 11) is 1.72. The van der Waals surface area contributed by atoms with Crippen LogP contribution in [-0.4, -0.2) is 15.5 Å². The number of carbonyl (C=O) groups excluding carboxylic acids is 1. The summed E-state index contributed by atoms with van der Waals surface area (Å²) in [4.78, 5) is 28.9. The normalized spacial score (nSPS) is 10.6. The van der Waals surface area contributed by atoms with Crippen LogP contribution in [0.2, 0.25) is 0 Å². The number of aromatic nitrogens is 2. The van der Waals surface area contributed by atoms with Gasteiger partial charge in [-0.2, -0.15) is 0 Å². The Morgan fingerprint density at radius 3 is 2.65 bits per heavy atom. The Hall–Kier alpha value is -3.21. The summed E-state index contributed by atoms with van der Waals surface area (Å²) in [6.45, 7) is 4.07. The molecule has 1 N–H and O–H groups in total. The van der Waals surface area contributed by atoms with Crippen molar-refractivity contribution in [2.24, 2.45) is 7.05 Å². The van der Waals surface area contributed by atoms with Gasteiger partial charge in [0.2, 0.25) is 0 Å². The minimum absolute atomic E-state index is 0.100. The molecule has 132 valence electrons. The fourth-order valence-corrected chi connectivity index (χ4v) is 2.74. The minimum atomic E-state index is -0.255. The zero-order valence-corrected chi connectivity index (χ0v) is 15.1. The molecular weight excluding hydrogens is 326 g/mol. The number of nitrogens with one attached hydrogen (secondary N) is 1. The van der Waals surface area contributed by atoms with E-state index in [0.29, 0.717) is 11.1 Å². The molecule has 3 rings (SSSR count). The highest BCUT2D eigenvalue weighted by Gasteiger charge is 2.10. The Kier molecular flexibility index (Phi) is 4.98. The van der Waals surface area contributed by atoms with Gasteiger partial charge in [0.25, 0.3) is 11.5 Å². The van der Waals surface area contributed by atoms with Gasteiger partial charge in [0.15, 0.2) is 0 Å². The molecule has 1 amide bonds. The quantitative estimate of drug-likeness (QED) is 0.789. The lowest BCUT2D eigenvalue weighted by Crippen LogP contribution is -2.29. The van der Waals surface area contributed by atoms with E-state index in [1.54, 1.807) is 23.9 Å². The SMILES string of the molecule is Cc1cccc(-c2cncc(C(=O)NCc3ccc(C)n(C)c3=O)c2)c1. The first kappa shape index (κ1) is 17.6. The van der Waals surface area contributed by atoms with Gasteiger partial charge in [-0.3, -0.25) is 14.6 Å². The van der Waals surface area contributed by atoms with E-state index in [2.05, 4.69) is 16.4 Å². The largest absolute Gasteiger partial charge is 0.348 e. The molecule has 0 saturated carbocycles. The van der Waals surface area contributed by atoms with E-state index in [-0.39, 0.29) is 18.0 Å². The predicted octanol–water partition coefficient (Wildman–Crippen LogP) is 2.99. The molecule has 1 aromatic carbocycles. The van der Waals surface area contributed by atoms with Gasteiger partial charge in [-0.1, -0.05) is 35.9 Å². The molecule has 2 heterocycles. The number of hydrogen-bond acceptors (Lipinski definition) is 3. The van der Waals surface area contributed by atoms with Crippen LogP contribution < -0.4 is 10.9 Å². The van der Waals surface area contributed by atoms with Crippen LogP contribution in [0.4, 0.5) is 0 Å². The van der Waals surface area contributed by atoms with Gasteiger partial charge >= 0.3 is 0 Å².